The molecule has 0 saturated heterocycles. The molecule has 1 aromatic carbocycles. The number of rotatable bonds is 6. The molecule has 148 valence electrons. The molecule has 3 rings (SSSR count). The van der Waals surface area contributed by atoms with Crippen LogP contribution in [-0.2, 0) is 34.0 Å². The van der Waals surface area contributed by atoms with Gasteiger partial charge in [-0.1, -0.05) is 12.1 Å². The monoisotopic (exact) mass is 382 g/mol. The summed E-state index contributed by atoms with van der Waals surface area (Å²) in [5.74, 6) is -0.523. The zero-order valence-corrected chi connectivity index (χ0v) is 16.7. The van der Waals surface area contributed by atoms with E-state index >= 15 is 0 Å². The van der Waals surface area contributed by atoms with Gasteiger partial charge in [0.1, 0.15) is 5.41 Å². The molecule has 0 saturated carbocycles. The lowest BCUT2D eigenvalue weighted by molar-refractivity contribution is -0.136. The number of amides is 2. The van der Waals surface area contributed by atoms with E-state index in [1.165, 1.54) is 0 Å². The Morgan fingerprint density at radius 2 is 2.00 bits per heavy atom. The highest BCUT2D eigenvalue weighted by Crippen LogP contribution is 2.35. The first-order valence-corrected chi connectivity index (χ1v) is 9.19. The van der Waals surface area contributed by atoms with Crippen molar-refractivity contribution in [3.8, 4) is 0 Å². The number of nitrogens with zero attached hydrogens (tertiary/aromatic N) is 2. The molecule has 0 bridgehead atoms. The van der Waals surface area contributed by atoms with Gasteiger partial charge in [-0.05, 0) is 43.2 Å². The predicted molar refractivity (Wildman–Crippen MR) is 108 cm³/mol. The maximum absolute atomic E-state index is 12.7. The minimum atomic E-state index is -1.11. The van der Waals surface area contributed by atoms with Crippen molar-refractivity contribution in [1.82, 2.24) is 10.3 Å². The van der Waals surface area contributed by atoms with Crippen LogP contribution in [0.2, 0.25) is 0 Å². The molecule has 1 aliphatic heterocycles. The van der Waals surface area contributed by atoms with E-state index in [0.29, 0.717) is 31.1 Å². The lowest BCUT2D eigenvalue weighted by Gasteiger charge is -2.24. The van der Waals surface area contributed by atoms with Crippen LogP contribution in [0.5, 0.6) is 0 Å². The van der Waals surface area contributed by atoms with Crippen LogP contribution >= 0.6 is 0 Å². The van der Waals surface area contributed by atoms with Crippen molar-refractivity contribution >= 4 is 23.2 Å². The van der Waals surface area contributed by atoms with Gasteiger partial charge in [-0.3, -0.25) is 14.6 Å². The van der Waals surface area contributed by atoms with Crippen molar-refractivity contribution < 1.29 is 14.3 Å². The van der Waals surface area contributed by atoms with Gasteiger partial charge in [0.15, 0.2) is 0 Å². The molecule has 28 heavy (non-hydrogen) atoms. The number of fused-ring (bicyclic) bond motifs is 1. The molecular weight excluding hydrogens is 356 g/mol. The normalized spacial score (nSPS) is 15.8. The van der Waals surface area contributed by atoms with Crippen LogP contribution in [0.4, 0.5) is 11.4 Å². The summed E-state index contributed by atoms with van der Waals surface area (Å²) in [6, 6.07) is 9.65. The number of nitrogens with one attached hydrogen (secondary N) is 2. The van der Waals surface area contributed by atoms with Crippen LogP contribution in [-0.4, -0.2) is 31.0 Å². The SMILES string of the molecule is COCc1ncccc1CNCc1ccc2c(c1)N(C)C(=O)C(C)(C)C(=O)N2. The molecule has 2 amide bonds. The highest BCUT2D eigenvalue weighted by Gasteiger charge is 2.41. The van der Waals surface area contributed by atoms with Crippen molar-refractivity contribution in [2.24, 2.45) is 5.41 Å². The van der Waals surface area contributed by atoms with Crippen LogP contribution in [0, 0.1) is 5.41 Å². The largest absolute Gasteiger partial charge is 0.378 e. The van der Waals surface area contributed by atoms with Gasteiger partial charge in [-0.2, -0.15) is 0 Å². The summed E-state index contributed by atoms with van der Waals surface area (Å²) in [4.78, 5) is 30.9. The maximum Gasteiger partial charge on any atom is 0.241 e. The average Bonchev–Trinajstić information content (AvgIpc) is 2.74. The van der Waals surface area contributed by atoms with Crippen LogP contribution < -0.4 is 15.5 Å². The van der Waals surface area contributed by atoms with Gasteiger partial charge < -0.3 is 20.3 Å². The number of methoxy groups -OCH3 is 1. The first kappa shape index (κ1) is 20.0. The zero-order valence-electron chi connectivity index (χ0n) is 16.7. The predicted octanol–water partition coefficient (Wildman–Crippen LogP) is 2.46. The molecule has 0 radical (unpaired) electrons. The van der Waals surface area contributed by atoms with E-state index < -0.39 is 5.41 Å². The van der Waals surface area contributed by atoms with Crippen LogP contribution in [0.3, 0.4) is 0 Å². The minimum Gasteiger partial charge on any atom is -0.378 e. The first-order valence-electron chi connectivity index (χ1n) is 9.19. The van der Waals surface area contributed by atoms with Crippen molar-refractivity contribution in [3.05, 3.63) is 53.3 Å². The summed E-state index contributed by atoms with van der Waals surface area (Å²) in [5.41, 5.74) is 3.25. The van der Waals surface area contributed by atoms with Crippen molar-refractivity contribution in [2.75, 3.05) is 24.4 Å². The number of ether oxygens (including phenoxy) is 1. The number of aromatic nitrogens is 1. The van der Waals surface area contributed by atoms with E-state index in [1.54, 1.807) is 39.1 Å². The Labute approximate surface area is 165 Å². The molecule has 0 atom stereocenters. The topological polar surface area (TPSA) is 83.6 Å². The molecule has 2 N–H and O–H groups in total. The molecule has 2 aromatic rings. The molecule has 0 unspecified atom stereocenters. The third-order valence-electron chi connectivity index (χ3n) is 4.99. The Hall–Kier alpha value is -2.77. The zero-order chi connectivity index (χ0) is 20.3. The lowest BCUT2D eigenvalue weighted by atomic mass is 9.91. The fraction of sp³-hybridized carbons (Fsp3) is 0.381. The van der Waals surface area contributed by atoms with E-state index in [-0.39, 0.29) is 11.8 Å². The number of carbonyl (C=O) groups is 2. The molecule has 7 heteroatoms. The van der Waals surface area contributed by atoms with Crippen molar-refractivity contribution in [3.63, 3.8) is 0 Å². The Morgan fingerprint density at radius 3 is 2.75 bits per heavy atom. The second-order valence-electron chi connectivity index (χ2n) is 7.44. The van der Waals surface area contributed by atoms with Gasteiger partial charge in [-0.15, -0.1) is 0 Å². The molecule has 1 aliphatic rings. The summed E-state index contributed by atoms with van der Waals surface area (Å²) < 4.78 is 5.19. The third kappa shape index (κ3) is 3.90. The molecule has 1 aromatic heterocycles. The van der Waals surface area contributed by atoms with E-state index in [1.807, 2.05) is 30.3 Å². The van der Waals surface area contributed by atoms with E-state index in [4.69, 9.17) is 4.74 Å². The molecular formula is C21H26N4O3. The number of carbonyl (C=O) groups excluding carboxylic acids is 2. The first-order chi connectivity index (χ1) is 13.3. The Kier molecular flexibility index (Phi) is 5.76. The van der Waals surface area contributed by atoms with Gasteiger partial charge in [0, 0.05) is 33.4 Å². The van der Waals surface area contributed by atoms with E-state index in [2.05, 4.69) is 15.6 Å². The highest BCUT2D eigenvalue weighted by atomic mass is 16.5. The fourth-order valence-corrected chi connectivity index (χ4v) is 3.22. The maximum atomic E-state index is 12.7. The summed E-state index contributed by atoms with van der Waals surface area (Å²) in [6.45, 7) is 5.03. The Bertz CT molecular complexity index is 895. The van der Waals surface area contributed by atoms with Crippen molar-refractivity contribution in [1.29, 1.82) is 0 Å². The van der Waals surface area contributed by atoms with Gasteiger partial charge in [0.2, 0.25) is 11.8 Å². The second-order valence-corrected chi connectivity index (χ2v) is 7.44. The summed E-state index contributed by atoms with van der Waals surface area (Å²) in [7, 11) is 3.35. The van der Waals surface area contributed by atoms with Gasteiger partial charge in [0.05, 0.1) is 23.7 Å². The lowest BCUT2D eigenvalue weighted by Crippen LogP contribution is -2.43. The summed E-state index contributed by atoms with van der Waals surface area (Å²) in [5, 5.41) is 6.26. The molecule has 0 spiro atoms. The van der Waals surface area contributed by atoms with Crippen molar-refractivity contribution in [2.45, 2.75) is 33.5 Å². The third-order valence-corrected chi connectivity index (χ3v) is 4.99. The fourth-order valence-electron chi connectivity index (χ4n) is 3.22. The van der Waals surface area contributed by atoms with E-state index in [0.717, 1.165) is 16.8 Å². The average molecular weight is 382 g/mol. The van der Waals surface area contributed by atoms with Crippen LogP contribution in [0.15, 0.2) is 36.5 Å². The standard InChI is InChI=1S/C21H26N4O3/c1-21(2)19(26)24-16-8-7-14(10-18(16)25(3)20(21)27)11-22-12-15-6-5-9-23-17(15)13-28-4/h5-10,22H,11-13H2,1-4H3,(H,24,26). The Balaban J connectivity index is 1.74. The minimum absolute atomic E-state index is 0.228. The quantitative estimate of drug-likeness (QED) is 0.750. The molecule has 0 fully saturated rings. The smallest absolute Gasteiger partial charge is 0.241 e. The molecule has 2 heterocycles. The van der Waals surface area contributed by atoms with Crippen LogP contribution in [0.1, 0.15) is 30.7 Å². The number of hydrogen-bond donors (Lipinski definition) is 2. The molecule has 7 nitrogen and oxygen atoms in total. The number of pyridine rings is 1. The van der Waals surface area contributed by atoms with Gasteiger partial charge in [0.25, 0.3) is 0 Å². The van der Waals surface area contributed by atoms with E-state index in [9.17, 15) is 9.59 Å². The number of anilines is 2. The molecule has 0 aliphatic carbocycles. The highest BCUT2D eigenvalue weighted by molar-refractivity contribution is 6.19. The number of hydrogen-bond acceptors (Lipinski definition) is 5. The Morgan fingerprint density at radius 1 is 1.21 bits per heavy atom. The van der Waals surface area contributed by atoms with Gasteiger partial charge >= 0.3 is 0 Å². The second kappa shape index (κ2) is 8.08. The summed E-state index contributed by atoms with van der Waals surface area (Å²) in [6.07, 6.45) is 1.76. The summed E-state index contributed by atoms with van der Waals surface area (Å²) >= 11 is 0. The van der Waals surface area contributed by atoms with Crippen LogP contribution in [0.25, 0.3) is 0 Å². The number of benzene rings is 1. The van der Waals surface area contributed by atoms with Gasteiger partial charge in [-0.25, -0.2) is 0 Å².